The summed E-state index contributed by atoms with van der Waals surface area (Å²) in [6, 6.07) is 2.08. The van der Waals surface area contributed by atoms with Gasteiger partial charge in [0.15, 0.2) is 0 Å². The van der Waals surface area contributed by atoms with E-state index in [2.05, 4.69) is 22.5 Å². The van der Waals surface area contributed by atoms with E-state index in [1.165, 1.54) is 6.42 Å². The number of nitrogens with one attached hydrogen (secondary N) is 2. The van der Waals surface area contributed by atoms with Gasteiger partial charge in [-0.15, -0.1) is 0 Å². The van der Waals surface area contributed by atoms with E-state index in [0.717, 1.165) is 24.4 Å². The van der Waals surface area contributed by atoms with Crippen LogP contribution < -0.4 is 10.6 Å². The summed E-state index contributed by atoms with van der Waals surface area (Å²) in [5.74, 6) is 0.720. The molecule has 4 heteroatoms. The Balaban J connectivity index is 2.04. The minimum atomic E-state index is -0.00384. The van der Waals surface area contributed by atoms with Crippen LogP contribution >= 0.6 is 0 Å². The third kappa shape index (κ3) is 2.75. The lowest BCUT2D eigenvalue weighted by molar-refractivity contribution is 0.0938. The van der Waals surface area contributed by atoms with Gasteiger partial charge in [0.1, 0.15) is 0 Å². The molecule has 0 aromatic carbocycles. The Kier molecular flexibility index (Phi) is 3.61. The molecular weight excluding hydrogens is 214 g/mol. The van der Waals surface area contributed by atoms with Crippen LogP contribution in [0.15, 0.2) is 18.5 Å². The van der Waals surface area contributed by atoms with E-state index in [1.807, 2.05) is 0 Å². The minimum Gasteiger partial charge on any atom is -0.386 e. The van der Waals surface area contributed by atoms with Crippen LogP contribution in [0.3, 0.4) is 0 Å². The number of carbonyl (C=O) groups excluding carboxylic acids is 1. The molecule has 1 heterocycles. The number of hydrogen-bond acceptors (Lipinski definition) is 3. The predicted molar refractivity (Wildman–Crippen MR) is 68.1 cm³/mol. The standard InChI is InChI=1S/C13H19N3O/c1-9-3-4-10(7-9)16-13(17)11-5-6-15-8-12(11)14-2/h5-6,8-10,14H,3-4,7H2,1-2H3,(H,16,17). The highest BCUT2D eigenvalue weighted by Crippen LogP contribution is 2.25. The fraction of sp³-hybridized carbons (Fsp3) is 0.538. The fourth-order valence-electron chi connectivity index (χ4n) is 2.39. The summed E-state index contributed by atoms with van der Waals surface area (Å²) in [5.41, 5.74) is 1.44. The second-order valence-corrected chi connectivity index (χ2v) is 4.76. The summed E-state index contributed by atoms with van der Waals surface area (Å²) >= 11 is 0. The third-order valence-electron chi connectivity index (χ3n) is 3.37. The van der Waals surface area contributed by atoms with Crippen molar-refractivity contribution in [3.8, 4) is 0 Å². The van der Waals surface area contributed by atoms with Crippen LogP contribution in [0.4, 0.5) is 5.69 Å². The Morgan fingerprint density at radius 3 is 2.94 bits per heavy atom. The molecule has 92 valence electrons. The largest absolute Gasteiger partial charge is 0.386 e. The fourth-order valence-corrected chi connectivity index (χ4v) is 2.39. The zero-order valence-electron chi connectivity index (χ0n) is 10.4. The molecule has 1 saturated carbocycles. The van der Waals surface area contributed by atoms with Crippen molar-refractivity contribution in [2.24, 2.45) is 5.92 Å². The van der Waals surface area contributed by atoms with Gasteiger partial charge in [0, 0.05) is 19.3 Å². The van der Waals surface area contributed by atoms with Crippen LogP contribution in [0.25, 0.3) is 0 Å². The lowest BCUT2D eigenvalue weighted by Gasteiger charge is -2.14. The van der Waals surface area contributed by atoms with Crippen LogP contribution in [0.1, 0.15) is 36.5 Å². The zero-order chi connectivity index (χ0) is 12.3. The van der Waals surface area contributed by atoms with Gasteiger partial charge in [-0.05, 0) is 31.2 Å². The Hall–Kier alpha value is -1.58. The van der Waals surface area contributed by atoms with Crippen LogP contribution in [0.2, 0.25) is 0 Å². The number of rotatable bonds is 3. The maximum atomic E-state index is 12.1. The van der Waals surface area contributed by atoms with E-state index in [-0.39, 0.29) is 5.91 Å². The summed E-state index contributed by atoms with van der Waals surface area (Å²) in [4.78, 5) is 16.1. The zero-order valence-corrected chi connectivity index (χ0v) is 10.4. The highest BCUT2D eigenvalue weighted by molar-refractivity contribution is 5.99. The average Bonchev–Trinajstić information content (AvgIpc) is 2.74. The van der Waals surface area contributed by atoms with Gasteiger partial charge in [0.25, 0.3) is 5.91 Å². The summed E-state index contributed by atoms with van der Waals surface area (Å²) in [5, 5.41) is 6.08. The van der Waals surface area contributed by atoms with Gasteiger partial charge < -0.3 is 10.6 Å². The molecule has 1 fully saturated rings. The number of pyridine rings is 1. The van der Waals surface area contributed by atoms with Crippen LogP contribution in [0.5, 0.6) is 0 Å². The molecule has 1 aromatic rings. The van der Waals surface area contributed by atoms with Crippen LogP contribution in [0, 0.1) is 5.92 Å². The van der Waals surface area contributed by atoms with E-state index in [1.54, 1.807) is 25.5 Å². The van der Waals surface area contributed by atoms with Gasteiger partial charge in [0.2, 0.25) is 0 Å². The van der Waals surface area contributed by atoms with Gasteiger partial charge >= 0.3 is 0 Å². The van der Waals surface area contributed by atoms with Crippen molar-refractivity contribution in [1.82, 2.24) is 10.3 Å². The predicted octanol–water partition coefficient (Wildman–Crippen LogP) is 2.04. The second-order valence-electron chi connectivity index (χ2n) is 4.76. The molecule has 0 radical (unpaired) electrons. The Labute approximate surface area is 102 Å². The summed E-state index contributed by atoms with van der Waals surface area (Å²) in [7, 11) is 1.80. The monoisotopic (exact) mass is 233 g/mol. The van der Waals surface area contributed by atoms with E-state index >= 15 is 0 Å². The topological polar surface area (TPSA) is 54.0 Å². The maximum Gasteiger partial charge on any atom is 0.253 e. The Bertz CT molecular complexity index is 405. The third-order valence-corrected chi connectivity index (χ3v) is 3.37. The smallest absolute Gasteiger partial charge is 0.253 e. The van der Waals surface area contributed by atoms with Crippen molar-refractivity contribution >= 4 is 11.6 Å². The van der Waals surface area contributed by atoms with Crippen molar-refractivity contribution in [2.45, 2.75) is 32.2 Å². The quantitative estimate of drug-likeness (QED) is 0.840. The Morgan fingerprint density at radius 2 is 2.29 bits per heavy atom. The van der Waals surface area contributed by atoms with Gasteiger partial charge in [0.05, 0.1) is 17.4 Å². The molecule has 1 aliphatic carbocycles. The number of hydrogen-bond donors (Lipinski definition) is 2. The molecule has 0 aliphatic heterocycles. The lowest BCUT2D eigenvalue weighted by Crippen LogP contribution is -2.33. The van der Waals surface area contributed by atoms with Crippen molar-refractivity contribution in [2.75, 3.05) is 12.4 Å². The van der Waals surface area contributed by atoms with E-state index in [9.17, 15) is 4.79 Å². The number of carbonyl (C=O) groups is 1. The van der Waals surface area contributed by atoms with Crippen LogP contribution in [-0.4, -0.2) is 24.0 Å². The lowest BCUT2D eigenvalue weighted by atomic mass is 10.1. The first-order chi connectivity index (χ1) is 8.20. The molecular formula is C13H19N3O. The van der Waals surface area contributed by atoms with Gasteiger partial charge in [-0.2, -0.15) is 0 Å². The van der Waals surface area contributed by atoms with Gasteiger partial charge in [-0.25, -0.2) is 0 Å². The molecule has 1 aromatic heterocycles. The summed E-state index contributed by atoms with van der Waals surface area (Å²) in [6.07, 6.45) is 6.71. The van der Waals surface area contributed by atoms with Crippen molar-refractivity contribution in [1.29, 1.82) is 0 Å². The van der Waals surface area contributed by atoms with Crippen molar-refractivity contribution < 1.29 is 4.79 Å². The first-order valence-corrected chi connectivity index (χ1v) is 6.13. The van der Waals surface area contributed by atoms with Crippen molar-refractivity contribution in [3.63, 3.8) is 0 Å². The maximum absolute atomic E-state index is 12.1. The summed E-state index contributed by atoms with van der Waals surface area (Å²) in [6.45, 7) is 2.23. The molecule has 1 aliphatic rings. The number of anilines is 1. The second kappa shape index (κ2) is 5.17. The number of aromatic nitrogens is 1. The average molecular weight is 233 g/mol. The molecule has 2 N–H and O–H groups in total. The first-order valence-electron chi connectivity index (χ1n) is 6.13. The summed E-state index contributed by atoms with van der Waals surface area (Å²) < 4.78 is 0. The van der Waals surface area contributed by atoms with E-state index in [4.69, 9.17) is 0 Å². The van der Waals surface area contributed by atoms with Gasteiger partial charge in [-0.1, -0.05) is 6.92 Å². The number of amides is 1. The molecule has 0 spiro atoms. The highest BCUT2D eigenvalue weighted by atomic mass is 16.1. The molecule has 2 rings (SSSR count). The van der Waals surface area contributed by atoms with Crippen molar-refractivity contribution in [3.05, 3.63) is 24.0 Å². The van der Waals surface area contributed by atoms with E-state index < -0.39 is 0 Å². The number of nitrogens with zero attached hydrogens (tertiary/aromatic N) is 1. The highest BCUT2D eigenvalue weighted by Gasteiger charge is 2.23. The Morgan fingerprint density at radius 1 is 1.47 bits per heavy atom. The first kappa shape index (κ1) is 11.9. The van der Waals surface area contributed by atoms with Crippen LogP contribution in [-0.2, 0) is 0 Å². The molecule has 0 saturated heterocycles. The van der Waals surface area contributed by atoms with E-state index in [0.29, 0.717) is 11.6 Å². The minimum absolute atomic E-state index is 0.00384. The molecule has 17 heavy (non-hydrogen) atoms. The SMILES string of the molecule is CNc1cnccc1C(=O)NC1CCC(C)C1. The molecule has 2 atom stereocenters. The molecule has 0 bridgehead atoms. The van der Waals surface area contributed by atoms with Gasteiger partial charge in [-0.3, -0.25) is 9.78 Å². The molecule has 4 nitrogen and oxygen atoms in total. The molecule has 2 unspecified atom stereocenters. The molecule has 1 amide bonds. The normalized spacial score (nSPS) is 23.4.